The molecule has 2 atom stereocenters. The van der Waals surface area contributed by atoms with Gasteiger partial charge in [-0.2, -0.15) is 0 Å². The lowest BCUT2D eigenvalue weighted by Crippen LogP contribution is -2.35. The van der Waals surface area contributed by atoms with Crippen LogP contribution in [0.4, 0.5) is 0 Å². The van der Waals surface area contributed by atoms with E-state index >= 15 is 0 Å². The summed E-state index contributed by atoms with van der Waals surface area (Å²) in [4.78, 5) is 12.8. The lowest BCUT2D eigenvalue weighted by molar-refractivity contribution is 0.0132. The van der Waals surface area contributed by atoms with Crippen LogP contribution in [0.3, 0.4) is 0 Å². The molecule has 0 aromatic heterocycles. The number of ketones is 1. The Kier molecular flexibility index (Phi) is 3.16. The molecule has 2 aliphatic rings. The molecule has 3 rings (SSSR count). The molecule has 102 valence electrons. The largest absolute Gasteiger partial charge is 0.387 e. The fourth-order valence-corrected chi connectivity index (χ4v) is 4.09. The van der Waals surface area contributed by atoms with Crippen molar-refractivity contribution in [2.75, 3.05) is 0 Å². The molecule has 0 aliphatic heterocycles. The number of aliphatic hydroxyl groups is 1. The first-order valence-corrected chi connectivity index (χ1v) is 7.44. The molecule has 19 heavy (non-hydrogen) atoms. The fraction of sp³-hybridized carbons (Fsp3) is 0.533. The molecule has 0 bridgehead atoms. The zero-order valence-corrected chi connectivity index (χ0v) is 12.3. The molecule has 2 unspecified atom stereocenters. The molecular weight excluding hydrogens is 283 g/mol. The lowest BCUT2D eigenvalue weighted by Gasteiger charge is -2.33. The number of hydrogen-bond acceptors (Lipinski definition) is 2. The van der Waals surface area contributed by atoms with Gasteiger partial charge in [-0.25, -0.2) is 0 Å². The van der Waals surface area contributed by atoms with E-state index in [9.17, 15) is 9.90 Å². The predicted octanol–water partition coefficient (Wildman–Crippen LogP) is 4.42. The van der Waals surface area contributed by atoms with Gasteiger partial charge >= 0.3 is 0 Å². The Morgan fingerprint density at radius 1 is 1.26 bits per heavy atom. The van der Waals surface area contributed by atoms with Crippen molar-refractivity contribution >= 4 is 29.0 Å². The highest BCUT2D eigenvalue weighted by molar-refractivity contribution is 6.44. The molecule has 0 saturated heterocycles. The summed E-state index contributed by atoms with van der Waals surface area (Å²) in [6.45, 7) is 1.88. The van der Waals surface area contributed by atoms with Gasteiger partial charge in [0.2, 0.25) is 0 Å². The van der Waals surface area contributed by atoms with Gasteiger partial charge < -0.3 is 5.11 Å². The maximum atomic E-state index is 12.8. The maximum Gasteiger partial charge on any atom is 0.173 e. The van der Waals surface area contributed by atoms with E-state index in [1.807, 2.05) is 6.92 Å². The molecule has 1 aromatic rings. The van der Waals surface area contributed by atoms with Gasteiger partial charge in [-0.05, 0) is 37.3 Å². The van der Waals surface area contributed by atoms with E-state index in [1.54, 1.807) is 12.1 Å². The van der Waals surface area contributed by atoms with Crippen LogP contribution in [0.25, 0.3) is 0 Å². The molecule has 0 radical (unpaired) electrons. The highest BCUT2D eigenvalue weighted by Gasteiger charge is 2.54. The van der Waals surface area contributed by atoms with Gasteiger partial charge in [0.25, 0.3) is 0 Å². The molecule has 0 amide bonds. The Hall–Kier alpha value is -0.570. The lowest BCUT2D eigenvalue weighted by atomic mass is 9.71. The van der Waals surface area contributed by atoms with Crippen LogP contribution < -0.4 is 0 Å². The van der Waals surface area contributed by atoms with Crippen molar-refractivity contribution in [1.29, 1.82) is 0 Å². The van der Waals surface area contributed by atoms with Crippen molar-refractivity contribution in [3.8, 4) is 0 Å². The number of Topliss-reactive ketones (excluding diaryl/α,β-unsaturated/α-hetero) is 1. The molecule has 1 N–H and O–H groups in total. The Morgan fingerprint density at radius 3 is 2.53 bits per heavy atom. The average molecular weight is 299 g/mol. The van der Waals surface area contributed by atoms with Gasteiger partial charge in [0.05, 0.1) is 21.6 Å². The monoisotopic (exact) mass is 298 g/mol. The third kappa shape index (κ3) is 1.70. The summed E-state index contributed by atoms with van der Waals surface area (Å²) in [6.07, 6.45) is 3.49. The number of hydrogen-bond donors (Lipinski definition) is 1. The number of carbonyl (C=O) groups is 1. The minimum atomic E-state index is -0.770. The van der Waals surface area contributed by atoms with E-state index in [0.29, 0.717) is 16.1 Å². The second kappa shape index (κ2) is 4.47. The van der Waals surface area contributed by atoms with Gasteiger partial charge in [0, 0.05) is 5.56 Å². The van der Waals surface area contributed by atoms with Crippen molar-refractivity contribution in [2.24, 2.45) is 11.3 Å². The third-order valence-corrected chi connectivity index (χ3v) is 5.71. The summed E-state index contributed by atoms with van der Waals surface area (Å²) in [7, 11) is 0. The van der Waals surface area contributed by atoms with Crippen LogP contribution >= 0.6 is 23.2 Å². The van der Waals surface area contributed by atoms with Gasteiger partial charge in [0.1, 0.15) is 0 Å². The van der Waals surface area contributed by atoms with E-state index in [-0.39, 0.29) is 16.7 Å². The molecule has 0 heterocycles. The Morgan fingerprint density at radius 2 is 1.89 bits per heavy atom. The average Bonchev–Trinajstić information content (AvgIpc) is 2.98. The number of halogens is 2. The normalized spacial score (nSPS) is 30.9. The number of aliphatic hydroxyl groups excluding tert-OH is 1. The maximum absolute atomic E-state index is 12.8. The van der Waals surface area contributed by atoms with Crippen molar-refractivity contribution < 1.29 is 9.90 Å². The second-order valence-electron chi connectivity index (χ2n) is 5.82. The smallest absolute Gasteiger partial charge is 0.173 e. The minimum Gasteiger partial charge on any atom is -0.387 e. The van der Waals surface area contributed by atoms with Crippen LogP contribution in [0.5, 0.6) is 0 Å². The predicted molar refractivity (Wildman–Crippen MR) is 75.8 cm³/mol. The fourth-order valence-electron chi connectivity index (χ4n) is 3.67. The van der Waals surface area contributed by atoms with Crippen LogP contribution in [-0.2, 0) is 0 Å². The van der Waals surface area contributed by atoms with Crippen molar-refractivity contribution in [2.45, 2.75) is 38.7 Å². The van der Waals surface area contributed by atoms with E-state index in [2.05, 4.69) is 0 Å². The summed E-state index contributed by atoms with van der Waals surface area (Å²) >= 11 is 12.2. The van der Waals surface area contributed by atoms with E-state index in [0.717, 1.165) is 25.7 Å². The van der Waals surface area contributed by atoms with Gasteiger partial charge in [-0.1, -0.05) is 42.1 Å². The van der Waals surface area contributed by atoms with E-state index in [1.165, 1.54) is 0 Å². The van der Waals surface area contributed by atoms with Crippen LogP contribution in [0.1, 0.15) is 54.6 Å². The highest BCUT2D eigenvalue weighted by Crippen LogP contribution is 2.56. The Balaban J connectivity index is 2.13. The molecular formula is C15H16Cl2O2. The summed E-state index contributed by atoms with van der Waals surface area (Å²) in [5.41, 5.74) is 0.317. The highest BCUT2D eigenvalue weighted by atomic mass is 35.5. The SMILES string of the molecule is CC1(C2CCCC2)C(=O)c2c(ccc(Cl)c2Cl)C1O. The number of fused-ring (bicyclic) bond motifs is 1. The summed E-state index contributed by atoms with van der Waals surface area (Å²) in [6, 6.07) is 3.38. The quantitative estimate of drug-likeness (QED) is 0.833. The molecule has 1 saturated carbocycles. The zero-order chi connectivity index (χ0) is 13.8. The van der Waals surface area contributed by atoms with Crippen molar-refractivity contribution in [3.63, 3.8) is 0 Å². The first-order chi connectivity index (χ1) is 8.98. The zero-order valence-electron chi connectivity index (χ0n) is 10.7. The van der Waals surface area contributed by atoms with Crippen LogP contribution in [0, 0.1) is 11.3 Å². The van der Waals surface area contributed by atoms with Gasteiger partial charge in [-0.15, -0.1) is 0 Å². The summed E-state index contributed by atoms with van der Waals surface area (Å²) in [5, 5.41) is 11.3. The van der Waals surface area contributed by atoms with Crippen LogP contribution in [0.15, 0.2) is 12.1 Å². The number of carbonyl (C=O) groups excluding carboxylic acids is 1. The first-order valence-electron chi connectivity index (χ1n) is 6.68. The Bertz CT molecular complexity index is 549. The van der Waals surface area contributed by atoms with Gasteiger partial charge in [0.15, 0.2) is 5.78 Å². The summed E-state index contributed by atoms with van der Waals surface area (Å²) < 4.78 is 0. The van der Waals surface area contributed by atoms with Crippen molar-refractivity contribution in [3.05, 3.63) is 33.3 Å². The van der Waals surface area contributed by atoms with Crippen LogP contribution in [-0.4, -0.2) is 10.9 Å². The molecule has 2 aliphatic carbocycles. The van der Waals surface area contributed by atoms with E-state index < -0.39 is 11.5 Å². The first kappa shape index (κ1) is 13.4. The number of rotatable bonds is 1. The third-order valence-electron chi connectivity index (χ3n) is 4.91. The topological polar surface area (TPSA) is 37.3 Å². The summed E-state index contributed by atoms with van der Waals surface area (Å²) in [5.74, 6) is 0.187. The molecule has 0 spiro atoms. The van der Waals surface area contributed by atoms with Crippen LogP contribution in [0.2, 0.25) is 10.0 Å². The molecule has 4 heteroatoms. The molecule has 2 nitrogen and oxygen atoms in total. The second-order valence-corrected chi connectivity index (χ2v) is 6.61. The molecule has 1 fully saturated rings. The molecule has 1 aromatic carbocycles. The van der Waals surface area contributed by atoms with E-state index in [4.69, 9.17) is 23.2 Å². The number of benzene rings is 1. The standard InChI is InChI=1S/C15H16Cl2O2/c1-15(8-4-2-3-5-8)13(18)9-6-7-10(16)12(17)11(9)14(15)19/h6-8,13,18H,2-5H2,1H3. The Labute approximate surface area is 122 Å². The van der Waals surface area contributed by atoms with Gasteiger partial charge in [-0.3, -0.25) is 4.79 Å². The minimum absolute atomic E-state index is 0.0469. The van der Waals surface area contributed by atoms with Crippen molar-refractivity contribution in [1.82, 2.24) is 0 Å².